The number of halogens is 1. The Morgan fingerprint density at radius 3 is 2.89 bits per heavy atom. The molecule has 0 aromatic carbocycles. The molecule has 1 aromatic heterocycles. The van der Waals surface area contributed by atoms with Gasteiger partial charge >= 0.3 is 0 Å². The fraction of sp³-hybridized carbons (Fsp3) is 0.444. The summed E-state index contributed by atoms with van der Waals surface area (Å²) in [5.41, 5.74) is 2.27. The van der Waals surface area contributed by atoms with Crippen molar-refractivity contribution < 1.29 is 13.2 Å². The number of anilines is 1. The Hall–Kier alpha value is -0.930. The lowest BCUT2D eigenvalue weighted by atomic mass is 10.3. The zero-order valence-electron chi connectivity index (χ0n) is 9.39. The number of ether oxygens (including phenoxy) is 1. The molecule has 1 aliphatic heterocycles. The summed E-state index contributed by atoms with van der Waals surface area (Å²) in [5.74, 6) is 5.39. The summed E-state index contributed by atoms with van der Waals surface area (Å²) >= 11 is 5.83. The van der Waals surface area contributed by atoms with Gasteiger partial charge in [-0.3, -0.25) is 0 Å². The minimum absolute atomic E-state index is 0.00148. The molecule has 9 heteroatoms. The third kappa shape index (κ3) is 2.90. The van der Waals surface area contributed by atoms with Gasteiger partial charge in [0.05, 0.1) is 11.6 Å². The number of rotatable bonds is 4. The van der Waals surface area contributed by atoms with E-state index in [4.69, 9.17) is 22.2 Å². The number of nitrogens with zero attached hydrogens (tertiary/aromatic N) is 1. The van der Waals surface area contributed by atoms with Crippen LogP contribution in [0.3, 0.4) is 0 Å². The van der Waals surface area contributed by atoms with E-state index in [1.54, 1.807) is 0 Å². The van der Waals surface area contributed by atoms with Crippen molar-refractivity contribution in [3.05, 3.63) is 17.3 Å². The van der Waals surface area contributed by atoms with Gasteiger partial charge in [0.1, 0.15) is 4.90 Å². The van der Waals surface area contributed by atoms with Crippen LogP contribution in [0.25, 0.3) is 0 Å². The van der Waals surface area contributed by atoms with E-state index in [2.05, 4.69) is 15.1 Å². The average Bonchev–Trinajstić information content (AvgIpc) is 2.81. The van der Waals surface area contributed by atoms with E-state index in [9.17, 15) is 8.42 Å². The molecular formula is C9H13ClN4O3S. The van der Waals surface area contributed by atoms with Crippen LogP contribution in [0.5, 0.6) is 0 Å². The Kier molecular flexibility index (Phi) is 4.03. The van der Waals surface area contributed by atoms with Crippen molar-refractivity contribution in [1.29, 1.82) is 0 Å². The van der Waals surface area contributed by atoms with E-state index in [1.807, 2.05) is 0 Å². The normalized spacial score (nSPS) is 20.0. The first-order valence-electron chi connectivity index (χ1n) is 5.25. The van der Waals surface area contributed by atoms with Crippen molar-refractivity contribution >= 4 is 27.4 Å². The van der Waals surface area contributed by atoms with E-state index in [1.165, 1.54) is 12.3 Å². The minimum atomic E-state index is -3.64. The Morgan fingerprint density at radius 2 is 2.33 bits per heavy atom. The molecule has 1 saturated heterocycles. The van der Waals surface area contributed by atoms with Crippen LogP contribution in [0.1, 0.15) is 6.42 Å². The second-order valence-corrected chi connectivity index (χ2v) is 5.95. The van der Waals surface area contributed by atoms with Gasteiger partial charge in [-0.15, -0.1) is 0 Å². The maximum Gasteiger partial charge on any atom is 0.242 e. The third-order valence-electron chi connectivity index (χ3n) is 2.51. The van der Waals surface area contributed by atoms with E-state index in [0.717, 1.165) is 0 Å². The van der Waals surface area contributed by atoms with Gasteiger partial charge < -0.3 is 10.2 Å². The number of sulfonamides is 1. The van der Waals surface area contributed by atoms with Crippen LogP contribution in [-0.2, 0) is 14.8 Å². The van der Waals surface area contributed by atoms with Crippen LogP contribution >= 0.6 is 11.6 Å². The summed E-state index contributed by atoms with van der Waals surface area (Å²) in [7, 11) is -3.64. The van der Waals surface area contributed by atoms with Gasteiger partial charge in [0.15, 0.2) is 5.82 Å². The first kappa shape index (κ1) is 13.5. The second-order valence-electron chi connectivity index (χ2n) is 3.83. The molecular weight excluding hydrogens is 280 g/mol. The first-order valence-corrected chi connectivity index (χ1v) is 7.11. The van der Waals surface area contributed by atoms with E-state index in [-0.39, 0.29) is 21.8 Å². The smallest absolute Gasteiger partial charge is 0.242 e. The van der Waals surface area contributed by atoms with Crippen molar-refractivity contribution in [2.24, 2.45) is 5.84 Å². The molecule has 0 aliphatic carbocycles. The number of nitrogen functional groups attached to an aromatic ring is 1. The standard InChI is InChI=1S/C9H13ClN4O3S/c10-8-3-7(4-12-9(8)13-11)18(15,16)14-6-1-2-17-5-6/h3-4,6,14H,1-2,5,11H2,(H,12,13). The summed E-state index contributed by atoms with van der Waals surface area (Å²) in [6, 6.07) is 1.09. The van der Waals surface area contributed by atoms with Crippen LogP contribution in [0.2, 0.25) is 5.02 Å². The number of pyridine rings is 1. The van der Waals surface area contributed by atoms with Gasteiger partial charge in [0, 0.05) is 18.8 Å². The van der Waals surface area contributed by atoms with Crippen molar-refractivity contribution in [3.63, 3.8) is 0 Å². The molecule has 1 unspecified atom stereocenters. The van der Waals surface area contributed by atoms with Crippen LogP contribution in [0.15, 0.2) is 17.2 Å². The lowest BCUT2D eigenvalue weighted by Gasteiger charge is -2.12. The molecule has 0 spiro atoms. The average molecular weight is 293 g/mol. The SMILES string of the molecule is NNc1ncc(S(=O)(=O)NC2CCOC2)cc1Cl. The summed E-state index contributed by atoms with van der Waals surface area (Å²) in [4.78, 5) is 3.82. The monoisotopic (exact) mass is 292 g/mol. The largest absolute Gasteiger partial charge is 0.380 e. The van der Waals surface area contributed by atoms with Crippen molar-refractivity contribution in [2.45, 2.75) is 17.4 Å². The molecule has 7 nitrogen and oxygen atoms in total. The Balaban J connectivity index is 2.21. The highest BCUT2D eigenvalue weighted by Gasteiger charge is 2.24. The van der Waals surface area contributed by atoms with Gasteiger partial charge in [-0.2, -0.15) is 0 Å². The van der Waals surface area contributed by atoms with Crippen molar-refractivity contribution in [3.8, 4) is 0 Å². The van der Waals surface area contributed by atoms with Crippen molar-refractivity contribution in [2.75, 3.05) is 18.6 Å². The van der Waals surface area contributed by atoms with Crippen LogP contribution in [-0.4, -0.2) is 32.7 Å². The van der Waals surface area contributed by atoms with Crippen molar-refractivity contribution in [1.82, 2.24) is 9.71 Å². The van der Waals surface area contributed by atoms with E-state index >= 15 is 0 Å². The number of aromatic nitrogens is 1. The van der Waals surface area contributed by atoms with Gasteiger partial charge in [-0.1, -0.05) is 11.6 Å². The van der Waals surface area contributed by atoms with Crippen LogP contribution in [0.4, 0.5) is 5.82 Å². The highest BCUT2D eigenvalue weighted by molar-refractivity contribution is 7.89. The van der Waals surface area contributed by atoms with Gasteiger partial charge in [-0.25, -0.2) is 24.0 Å². The fourth-order valence-corrected chi connectivity index (χ4v) is 3.10. The Morgan fingerprint density at radius 1 is 1.56 bits per heavy atom. The van der Waals surface area contributed by atoms with Gasteiger partial charge in [0.25, 0.3) is 0 Å². The summed E-state index contributed by atoms with van der Waals surface area (Å²) < 4.78 is 31.7. The molecule has 0 saturated carbocycles. The molecule has 4 N–H and O–H groups in total. The lowest BCUT2D eigenvalue weighted by molar-refractivity contribution is 0.192. The molecule has 2 rings (SSSR count). The molecule has 18 heavy (non-hydrogen) atoms. The predicted molar refractivity (Wildman–Crippen MR) is 66.6 cm³/mol. The van der Waals surface area contributed by atoms with Crippen LogP contribution < -0.4 is 16.0 Å². The first-order chi connectivity index (χ1) is 8.53. The molecule has 1 atom stereocenters. The molecule has 100 valence electrons. The minimum Gasteiger partial charge on any atom is -0.380 e. The fourth-order valence-electron chi connectivity index (χ4n) is 1.59. The third-order valence-corrected chi connectivity index (χ3v) is 4.29. The van der Waals surface area contributed by atoms with Crippen LogP contribution in [0, 0.1) is 0 Å². The number of hydrogen-bond acceptors (Lipinski definition) is 6. The molecule has 1 fully saturated rings. The molecule has 2 heterocycles. The summed E-state index contributed by atoms with van der Waals surface area (Å²) in [5, 5.41) is 0.142. The molecule has 1 aliphatic rings. The Bertz CT molecular complexity index is 531. The van der Waals surface area contributed by atoms with Gasteiger partial charge in [0.2, 0.25) is 10.0 Å². The van der Waals surface area contributed by atoms with Gasteiger partial charge in [-0.05, 0) is 12.5 Å². The summed E-state index contributed by atoms with van der Waals surface area (Å²) in [6.07, 6.45) is 1.85. The second kappa shape index (κ2) is 5.37. The zero-order valence-corrected chi connectivity index (χ0v) is 11.0. The maximum atomic E-state index is 12.0. The molecule has 0 amide bonds. The van der Waals surface area contributed by atoms with E-state index in [0.29, 0.717) is 19.6 Å². The molecule has 0 radical (unpaired) electrons. The lowest BCUT2D eigenvalue weighted by Crippen LogP contribution is -2.35. The molecule has 0 bridgehead atoms. The molecule has 1 aromatic rings. The quantitative estimate of drug-likeness (QED) is 0.536. The maximum absolute atomic E-state index is 12.0. The number of hydrogen-bond donors (Lipinski definition) is 3. The topological polar surface area (TPSA) is 106 Å². The number of nitrogens with one attached hydrogen (secondary N) is 2. The zero-order chi connectivity index (χ0) is 13.2. The Labute approximate surface area is 110 Å². The predicted octanol–water partition coefficient (Wildman–Crippen LogP) is 0.0878. The highest BCUT2D eigenvalue weighted by Crippen LogP contribution is 2.22. The number of nitrogens with two attached hydrogens (primary N) is 1. The summed E-state index contributed by atoms with van der Waals surface area (Å²) in [6.45, 7) is 0.936. The number of hydrazine groups is 1. The highest BCUT2D eigenvalue weighted by atomic mass is 35.5. The van der Waals surface area contributed by atoms with E-state index < -0.39 is 10.0 Å².